The average molecular weight is 209 g/mol. The number of carbonyl (C=O) groups excluding carboxylic acids is 1. The zero-order chi connectivity index (χ0) is 10.8. The van der Waals surface area contributed by atoms with E-state index in [-0.39, 0.29) is 18.6 Å². The lowest BCUT2D eigenvalue weighted by molar-refractivity contribution is 0.0668. The molecule has 0 saturated carbocycles. The first-order chi connectivity index (χ1) is 7.24. The Hall–Kier alpha value is -1.36. The second-order valence-corrected chi connectivity index (χ2v) is 3.87. The topological polar surface area (TPSA) is 58.4 Å². The number of amides is 1. The Morgan fingerprint density at radius 2 is 2.53 bits per heavy atom. The summed E-state index contributed by atoms with van der Waals surface area (Å²) in [5.41, 5.74) is 0.579. The fraction of sp³-hybridized carbons (Fsp3) is 0.600. The van der Waals surface area contributed by atoms with E-state index in [1.165, 1.54) is 0 Å². The highest BCUT2D eigenvalue weighted by atomic mass is 16.3. The van der Waals surface area contributed by atoms with E-state index in [0.717, 1.165) is 19.4 Å². The van der Waals surface area contributed by atoms with Gasteiger partial charge in [0.1, 0.15) is 5.69 Å². The molecule has 1 saturated heterocycles. The van der Waals surface area contributed by atoms with Gasteiger partial charge >= 0.3 is 0 Å². The van der Waals surface area contributed by atoms with E-state index in [9.17, 15) is 4.79 Å². The number of aliphatic hydroxyl groups excluding tert-OH is 1. The van der Waals surface area contributed by atoms with Crippen LogP contribution in [0.1, 0.15) is 23.3 Å². The van der Waals surface area contributed by atoms with Crippen molar-refractivity contribution in [2.45, 2.75) is 18.9 Å². The summed E-state index contributed by atoms with van der Waals surface area (Å²) in [5.74, 6) is -0.0356. The second kappa shape index (κ2) is 4.02. The summed E-state index contributed by atoms with van der Waals surface area (Å²) in [6.07, 6.45) is 5.03. The second-order valence-electron chi connectivity index (χ2n) is 3.87. The fourth-order valence-electron chi connectivity index (χ4n) is 2.00. The van der Waals surface area contributed by atoms with E-state index in [2.05, 4.69) is 4.98 Å². The number of carbonyl (C=O) groups is 1. The van der Waals surface area contributed by atoms with Gasteiger partial charge < -0.3 is 14.6 Å². The summed E-state index contributed by atoms with van der Waals surface area (Å²) in [6, 6.07) is -0.0209. The Balaban J connectivity index is 2.18. The van der Waals surface area contributed by atoms with Crippen molar-refractivity contribution in [3.8, 4) is 0 Å². The molecule has 1 fully saturated rings. The van der Waals surface area contributed by atoms with Gasteiger partial charge in [-0.3, -0.25) is 4.79 Å². The molecule has 2 rings (SSSR count). The molecule has 1 aromatic rings. The van der Waals surface area contributed by atoms with Crippen molar-refractivity contribution in [3.05, 3.63) is 18.2 Å². The molecule has 15 heavy (non-hydrogen) atoms. The number of imidazole rings is 1. The van der Waals surface area contributed by atoms with E-state index in [4.69, 9.17) is 5.11 Å². The highest BCUT2D eigenvalue weighted by Crippen LogP contribution is 2.19. The Kier molecular flexibility index (Phi) is 2.73. The molecule has 5 heteroatoms. The Morgan fingerprint density at radius 3 is 3.13 bits per heavy atom. The first-order valence-corrected chi connectivity index (χ1v) is 5.12. The molecule has 0 spiro atoms. The molecule has 1 aliphatic heterocycles. The van der Waals surface area contributed by atoms with Gasteiger partial charge in [0.2, 0.25) is 0 Å². The van der Waals surface area contributed by atoms with Crippen LogP contribution in [0, 0.1) is 0 Å². The monoisotopic (exact) mass is 209 g/mol. The van der Waals surface area contributed by atoms with Gasteiger partial charge in [-0.25, -0.2) is 4.98 Å². The van der Waals surface area contributed by atoms with Crippen LogP contribution in [-0.4, -0.2) is 44.7 Å². The summed E-state index contributed by atoms with van der Waals surface area (Å²) in [6.45, 7) is 0.777. The first kappa shape index (κ1) is 10.2. The maximum atomic E-state index is 12.1. The quantitative estimate of drug-likeness (QED) is 0.747. The van der Waals surface area contributed by atoms with Crippen LogP contribution in [0.4, 0.5) is 0 Å². The normalized spacial score (nSPS) is 20.9. The summed E-state index contributed by atoms with van der Waals surface area (Å²) < 4.78 is 1.70. The lowest BCUT2D eigenvalue weighted by atomic mass is 10.2. The molecule has 82 valence electrons. The van der Waals surface area contributed by atoms with Crippen molar-refractivity contribution < 1.29 is 9.90 Å². The molecule has 1 aliphatic rings. The van der Waals surface area contributed by atoms with Crippen LogP contribution < -0.4 is 0 Å². The Bertz CT molecular complexity index is 361. The van der Waals surface area contributed by atoms with E-state index < -0.39 is 0 Å². The van der Waals surface area contributed by atoms with Crippen molar-refractivity contribution in [1.29, 1.82) is 0 Å². The smallest absolute Gasteiger partial charge is 0.272 e. The average Bonchev–Trinajstić information content (AvgIpc) is 2.84. The lowest BCUT2D eigenvalue weighted by Crippen LogP contribution is -2.38. The third-order valence-electron chi connectivity index (χ3n) is 2.88. The Labute approximate surface area is 88.3 Å². The molecule has 1 amide bonds. The van der Waals surface area contributed by atoms with Crippen molar-refractivity contribution in [3.63, 3.8) is 0 Å². The minimum Gasteiger partial charge on any atom is -0.394 e. The number of likely N-dealkylation sites (tertiary alicyclic amines) is 1. The minimum atomic E-state index is -0.0356. The first-order valence-electron chi connectivity index (χ1n) is 5.12. The van der Waals surface area contributed by atoms with Gasteiger partial charge in [-0.1, -0.05) is 0 Å². The zero-order valence-corrected chi connectivity index (χ0v) is 8.76. The number of aromatic nitrogens is 2. The Morgan fingerprint density at radius 1 is 1.73 bits per heavy atom. The predicted molar refractivity (Wildman–Crippen MR) is 54.4 cm³/mol. The van der Waals surface area contributed by atoms with Crippen molar-refractivity contribution in [2.24, 2.45) is 7.05 Å². The standard InChI is InChI=1S/C10H15N3O2/c1-12-7-11-5-9(12)10(15)13-4-2-3-8(13)6-14/h5,7-8,14H,2-4,6H2,1H3/t8-/m0/s1. The predicted octanol–water partition coefficient (Wildman–Crippen LogP) is 0.0170. The molecule has 0 bridgehead atoms. The molecule has 1 atom stereocenters. The fourth-order valence-corrected chi connectivity index (χ4v) is 2.00. The minimum absolute atomic E-state index is 0.0209. The van der Waals surface area contributed by atoms with Gasteiger partial charge in [0.25, 0.3) is 5.91 Å². The summed E-state index contributed by atoms with van der Waals surface area (Å²) in [7, 11) is 1.80. The number of aryl methyl sites for hydroxylation is 1. The van der Waals surface area contributed by atoms with Gasteiger partial charge in [0.05, 0.1) is 25.2 Å². The third kappa shape index (κ3) is 1.74. The molecule has 1 aromatic heterocycles. The van der Waals surface area contributed by atoms with E-state index >= 15 is 0 Å². The van der Waals surface area contributed by atoms with E-state index in [0.29, 0.717) is 5.69 Å². The van der Waals surface area contributed by atoms with E-state index in [1.54, 1.807) is 29.0 Å². The van der Waals surface area contributed by atoms with Crippen LogP contribution in [0.3, 0.4) is 0 Å². The third-order valence-corrected chi connectivity index (χ3v) is 2.88. The summed E-state index contributed by atoms with van der Waals surface area (Å²) >= 11 is 0. The van der Waals surface area contributed by atoms with Crippen molar-refractivity contribution in [1.82, 2.24) is 14.5 Å². The molecule has 5 nitrogen and oxygen atoms in total. The van der Waals surface area contributed by atoms with Crippen LogP contribution >= 0.6 is 0 Å². The largest absolute Gasteiger partial charge is 0.394 e. The number of aliphatic hydroxyl groups is 1. The number of hydrogen-bond donors (Lipinski definition) is 1. The molecule has 0 aromatic carbocycles. The molecule has 2 heterocycles. The highest BCUT2D eigenvalue weighted by Gasteiger charge is 2.29. The van der Waals surface area contributed by atoms with Crippen molar-refractivity contribution >= 4 is 5.91 Å². The van der Waals surface area contributed by atoms with Crippen LogP contribution in [0.2, 0.25) is 0 Å². The van der Waals surface area contributed by atoms with Gasteiger partial charge in [-0.2, -0.15) is 0 Å². The molecule has 0 radical (unpaired) electrons. The molecule has 0 aliphatic carbocycles. The van der Waals surface area contributed by atoms with Gasteiger partial charge in [0, 0.05) is 13.6 Å². The number of hydrogen-bond acceptors (Lipinski definition) is 3. The van der Waals surface area contributed by atoms with Crippen LogP contribution in [0.25, 0.3) is 0 Å². The number of nitrogens with zero attached hydrogens (tertiary/aromatic N) is 3. The molecular weight excluding hydrogens is 194 g/mol. The molecule has 0 unspecified atom stereocenters. The lowest BCUT2D eigenvalue weighted by Gasteiger charge is -2.22. The zero-order valence-electron chi connectivity index (χ0n) is 8.76. The SMILES string of the molecule is Cn1cncc1C(=O)N1CCC[C@H]1CO. The van der Waals surface area contributed by atoms with Crippen LogP contribution in [-0.2, 0) is 7.05 Å². The van der Waals surface area contributed by atoms with Crippen LogP contribution in [0.5, 0.6) is 0 Å². The molecule has 1 N–H and O–H groups in total. The maximum Gasteiger partial charge on any atom is 0.272 e. The maximum absolute atomic E-state index is 12.1. The van der Waals surface area contributed by atoms with Gasteiger partial charge in [-0.15, -0.1) is 0 Å². The van der Waals surface area contributed by atoms with E-state index in [1.807, 2.05) is 0 Å². The summed E-state index contributed by atoms with van der Waals surface area (Å²) in [5, 5.41) is 9.14. The number of rotatable bonds is 2. The molecular formula is C10H15N3O2. The highest BCUT2D eigenvalue weighted by molar-refractivity contribution is 5.92. The van der Waals surface area contributed by atoms with Gasteiger partial charge in [0.15, 0.2) is 0 Å². The van der Waals surface area contributed by atoms with Crippen molar-refractivity contribution in [2.75, 3.05) is 13.2 Å². The summed E-state index contributed by atoms with van der Waals surface area (Å²) in [4.78, 5) is 17.7. The van der Waals surface area contributed by atoms with Gasteiger partial charge in [-0.05, 0) is 12.8 Å². The van der Waals surface area contributed by atoms with Crippen LogP contribution in [0.15, 0.2) is 12.5 Å².